The van der Waals surface area contributed by atoms with E-state index in [1.165, 1.54) is 0 Å². The van der Waals surface area contributed by atoms with Crippen LogP contribution in [0.1, 0.15) is 6.92 Å². The predicted molar refractivity (Wildman–Crippen MR) is 38.1 cm³/mol. The molecular weight excluding hydrogens is 148 g/mol. The molecule has 0 spiro atoms. The first-order chi connectivity index (χ1) is 5.20. The molecule has 0 aromatic rings. The second-order valence-corrected chi connectivity index (χ2v) is 1.59. The molecule has 0 aromatic heterocycles. The van der Waals surface area contributed by atoms with E-state index in [0.717, 1.165) is 12.2 Å². The molecule has 3 N–H and O–H groups in total. The highest BCUT2D eigenvalue weighted by Gasteiger charge is 1.94. The highest BCUT2D eigenvalue weighted by molar-refractivity contribution is 5.94. The highest BCUT2D eigenvalue weighted by Crippen LogP contribution is 1.80. The molecule has 0 saturated carbocycles. The molecular formula is C6H10N2O3. The van der Waals surface area contributed by atoms with Gasteiger partial charge in [0.2, 0.25) is 0 Å². The fraction of sp³-hybridized carbons (Fsp3) is 0.333. The molecule has 0 radical (unpaired) electrons. The number of nitrogens with one attached hydrogen (secondary N) is 1. The summed E-state index contributed by atoms with van der Waals surface area (Å²) < 4.78 is 4.49. The monoisotopic (exact) mass is 158 g/mol. The standard InChI is InChI=1S/C6H10N2O3/c1-2-11-6(10)4-3-5(9)8-7/h3-4H,2,7H2,1H3,(H,8,9)/b4-3+. The Bertz CT molecular complexity index is 177. The number of ether oxygens (including phenoxy) is 1. The fourth-order valence-corrected chi connectivity index (χ4v) is 0.382. The van der Waals surface area contributed by atoms with E-state index in [-0.39, 0.29) is 6.61 Å². The molecule has 0 heterocycles. The van der Waals surface area contributed by atoms with Crippen molar-refractivity contribution in [2.75, 3.05) is 6.61 Å². The molecule has 0 aliphatic heterocycles. The van der Waals surface area contributed by atoms with Crippen LogP contribution in [-0.2, 0) is 14.3 Å². The molecule has 0 atom stereocenters. The van der Waals surface area contributed by atoms with Crippen molar-refractivity contribution in [2.45, 2.75) is 6.92 Å². The summed E-state index contributed by atoms with van der Waals surface area (Å²) in [7, 11) is 0. The third-order valence-corrected chi connectivity index (χ3v) is 0.800. The molecule has 0 aromatic carbocycles. The van der Waals surface area contributed by atoms with Crippen molar-refractivity contribution in [2.24, 2.45) is 5.84 Å². The van der Waals surface area contributed by atoms with E-state index in [4.69, 9.17) is 5.84 Å². The molecule has 0 saturated heterocycles. The Hall–Kier alpha value is -1.36. The van der Waals surface area contributed by atoms with Crippen LogP contribution in [0.25, 0.3) is 0 Å². The largest absolute Gasteiger partial charge is 0.463 e. The molecule has 1 amide bonds. The number of rotatable bonds is 3. The van der Waals surface area contributed by atoms with Gasteiger partial charge in [0.1, 0.15) is 0 Å². The van der Waals surface area contributed by atoms with Crippen molar-refractivity contribution >= 4 is 11.9 Å². The maximum Gasteiger partial charge on any atom is 0.330 e. The topological polar surface area (TPSA) is 81.4 Å². The van der Waals surface area contributed by atoms with Gasteiger partial charge in [0.25, 0.3) is 5.91 Å². The van der Waals surface area contributed by atoms with Gasteiger partial charge in [-0.1, -0.05) is 0 Å². The van der Waals surface area contributed by atoms with Crippen LogP contribution >= 0.6 is 0 Å². The van der Waals surface area contributed by atoms with Crippen LogP contribution in [0.2, 0.25) is 0 Å². The molecule has 62 valence electrons. The Balaban J connectivity index is 3.73. The lowest BCUT2D eigenvalue weighted by atomic mass is 10.5. The average molecular weight is 158 g/mol. The molecule has 0 bridgehead atoms. The van der Waals surface area contributed by atoms with Crippen LogP contribution in [0.15, 0.2) is 12.2 Å². The van der Waals surface area contributed by atoms with E-state index < -0.39 is 11.9 Å². The van der Waals surface area contributed by atoms with Crippen LogP contribution in [0.3, 0.4) is 0 Å². The number of esters is 1. The van der Waals surface area contributed by atoms with Crippen LogP contribution in [0, 0.1) is 0 Å². The number of carbonyl (C=O) groups excluding carboxylic acids is 2. The van der Waals surface area contributed by atoms with E-state index in [1.54, 1.807) is 6.92 Å². The minimum atomic E-state index is -0.559. The van der Waals surface area contributed by atoms with Crippen LogP contribution in [0.5, 0.6) is 0 Å². The Labute approximate surface area is 64.2 Å². The Morgan fingerprint density at radius 3 is 2.64 bits per heavy atom. The van der Waals surface area contributed by atoms with Crippen molar-refractivity contribution in [1.82, 2.24) is 5.43 Å². The van der Waals surface area contributed by atoms with Gasteiger partial charge in [-0.3, -0.25) is 10.2 Å². The number of hydrogen-bond donors (Lipinski definition) is 2. The highest BCUT2D eigenvalue weighted by atomic mass is 16.5. The van der Waals surface area contributed by atoms with Crippen LogP contribution < -0.4 is 11.3 Å². The second kappa shape index (κ2) is 5.43. The summed E-state index contributed by atoms with van der Waals surface area (Å²) in [4.78, 5) is 20.9. The zero-order valence-corrected chi connectivity index (χ0v) is 6.16. The lowest BCUT2D eigenvalue weighted by molar-refractivity contribution is -0.137. The molecule has 5 nitrogen and oxygen atoms in total. The van der Waals surface area contributed by atoms with Gasteiger partial charge in [-0.2, -0.15) is 0 Å². The first-order valence-corrected chi connectivity index (χ1v) is 3.06. The van der Waals surface area contributed by atoms with E-state index in [9.17, 15) is 9.59 Å². The van der Waals surface area contributed by atoms with Crippen LogP contribution in [-0.4, -0.2) is 18.5 Å². The van der Waals surface area contributed by atoms with Gasteiger partial charge in [-0.15, -0.1) is 0 Å². The number of nitrogens with two attached hydrogens (primary N) is 1. The first-order valence-electron chi connectivity index (χ1n) is 3.06. The third kappa shape index (κ3) is 5.10. The maximum absolute atomic E-state index is 10.5. The minimum Gasteiger partial charge on any atom is -0.463 e. The smallest absolute Gasteiger partial charge is 0.330 e. The molecule has 11 heavy (non-hydrogen) atoms. The van der Waals surface area contributed by atoms with Gasteiger partial charge in [-0.25, -0.2) is 10.6 Å². The number of hydrogen-bond acceptors (Lipinski definition) is 4. The quantitative estimate of drug-likeness (QED) is 0.183. The van der Waals surface area contributed by atoms with E-state index >= 15 is 0 Å². The summed E-state index contributed by atoms with van der Waals surface area (Å²) >= 11 is 0. The number of carbonyl (C=O) groups is 2. The first kappa shape index (κ1) is 9.64. The Kier molecular flexibility index (Phi) is 4.76. The minimum absolute atomic E-state index is 0.285. The van der Waals surface area contributed by atoms with Crippen molar-refractivity contribution in [3.05, 3.63) is 12.2 Å². The van der Waals surface area contributed by atoms with E-state index in [2.05, 4.69) is 4.74 Å². The zero-order valence-electron chi connectivity index (χ0n) is 6.16. The van der Waals surface area contributed by atoms with Gasteiger partial charge < -0.3 is 4.74 Å². The molecule has 0 aliphatic rings. The average Bonchev–Trinajstić information content (AvgIpc) is 2.01. The molecule has 5 heteroatoms. The summed E-state index contributed by atoms with van der Waals surface area (Å²) in [5.41, 5.74) is 1.83. The van der Waals surface area contributed by atoms with Gasteiger partial charge >= 0.3 is 5.97 Å². The van der Waals surface area contributed by atoms with Crippen LogP contribution in [0.4, 0.5) is 0 Å². The van der Waals surface area contributed by atoms with E-state index in [1.807, 2.05) is 5.43 Å². The van der Waals surface area contributed by atoms with Crippen molar-refractivity contribution in [3.63, 3.8) is 0 Å². The molecule has 0 unspecified atom stereocenters. The lowest BCUT2D eigenvalue weighted by Gasteiger charge is -1.93. The summed E-state index contributed by atoms with van der Waals surface area (Å²) in [5, 5.41) is 0. The fourth-order valence-electron chi connectivity index (χ4n) is 0.382. The predicted octanol–water partition coefficient (Wildman–Crippen LogP) is -0.904. The van der Waals surface area contributed by atoms with Gasteiger partial charge in [0.05, 0.1) is 6.61 Å². The SMILES string of the molecule is CCOC(=O)/C=C/C(=O)NN. The third-order valence-electron chi connectivity index (χ3n) is 0.800. The van der Waals surface area contributed by atoms with Gasteiger partial charge in [-0.05, 0) is 6.92 Å². The normalized spacial score (nSPS) is 9.64. The van der Waals surface area contributed by atoms with E-state index in [0.29, 0.717) is 0 Å². The Morgan fingerprint density at radius 1 is 1.55 bits per heavy atom. The zero-order chi connectivity index (χ0) is 8.69. The van der Waals surface area contributed by atoms with Crippen molar-refractivity contribution in [1.29, 1.82) is 0 Å². The molecule has 0 aliphatic carbocycles. The summed E-state index contributed by atoms with van der Waals surface area (Å²) in [6.45, 7) is 1.96. The Morgan fingerprint density at radius 2 is 2.18 bits per heavy atom. The van der Waals surface area contributed by atoms with Gasteiger partial charge in [0, 0.05) is 12.2 Å². The maximum atomic E-state index is 10.5. The number of hydrazine groups is 1. The summed E-state index contributed by atoms with van der Waals surface area (Å²) in [6, 6.07) is 0. The summed E-state index contributed by atoms with van der Waals surface area (Å²) in [6.07, 6.45) is 2.00. The molecule has 0 rings (SSSR count). The summed E-state index contributed by atoms with van der Waals surface area (Å²) in [5.74, 6) is 3.63. The second-order valence-electron chi connectivity index (χ2n) is 1.59. The number of amides is 1. The lowest BCUT2D eigenvalue weighted by Crippen LogP contribution is -2.28. The van der Waals surface area contributed by atoms with Gasteiger partial charge in [0.15, 0.2) is 0 Å². The molecule has 0 fully saturated rings. The van der Waals surface area contributed by atoms with Crippen molar-refractivity contribution in [3.8, 4) is 0 Å². The van der Waals surface area contributed by atoms with Crippen molar-refractivity contribution < 1.29 is 14.3 Å².